The Morgan fingerprint density at radius 3 is 2.13 bits per heavy atom. The molecule has 1 aliphatic carbocycles. The predicted molar refractivity (Wildman–Crippen MR) is 173 cm³/mol. The summed E-state index contributed by atoms with van der Waals surface area (Å²) in [5.41, 5.74) is 4.81. The third kappa shape index (κ3) is 6.13. The van der Waals surface area contributed by atoms with Crippen LogP contribution in [-0.2, 0) is 28.4 Å². The van der Waals surface area contributed by atoms with Crippen molar-refractivity contribution in [2.75, 3.05) is 19.5 Å². The van der Waals surface area contributed by atoms with Gasteiger partial charge in [0.1, 0.15) is 24.3 Å². The van der Waals surface area contributed by atoms with Crippen molar-refractivity contribution in [3.63, 3.8) is 0 Å². The van der Waals surface area contributed by atoms with E-state index < -0.39 is 48.3 Å². The highest BCUT2D eigenvalue weighted by Crippen LogP contribution is 2.45. The number of hydrogen-bond acceptors (Lipinski definition) is 9. The Morgan fingerprint density at radius 2 is 1.46 bits per heavy atom. The smallest absolute Gasteiger partial charge is 0.451 e. The molecular formula is C36H31ClO8S. The highest BCUT2D eigenvalue weighted by molar-refractivity contribution is 7.99. The van der Waals surface area contributed by atoms with Crippen molar-refractivity contribution in [2.45, 2.75) is 42.1 Å². The Bertz CT molecular complexity index is 1650. The number of carbonyl (C=O) groups excluding carboxylic acids is 2. The fourth-order valence-electron chi connectivity index (χ4n) is 6.29. The largest absolute Gasteiger partial charge is 0.508 e. The van der Waals surface area contributed by atoms with E-state index in [0.717, 1.165) is 27.8 Å². The van der Waals surface area contributed by atoms with Gasteiger partial charge in [0.2, 0.25) is 0 Å². The first-order chi connectivity index (χ1) is 22.5. The third-order valence-electron chi connectivity index (χ3n) is 8.47. The molecule has 2 heterocycles. The standard InChI is InChI=1S/C36H31ClO8S/c1-46-35-32(43-33(38)21-15-17-23(37)18-16-21)31(30-29(42-35)20-40-34(44-30)22-9-3-2-4-10-22)45-36(39)41-19-28-26-13-7-5-11-24(26)25-12-6-8-14-27(25)28/h2-18,28-32,34-35H,19-20H2,1H3/t29-,30+,31+,32-,34?,35+/m1/s1. The maximum absolute atomic E-state index is 13.5. The van der Waals surface area contributed by atoms with Crippen LogP contribution in [-0.4, -0.2) is 61.4 Å². The van der Waals surface area contributed by atoms with Gasteiger partial charge in [-0.3, -0.25) is 0 Å². The van der Waals surface area contributed by atoms with Crippen LogP contribution in [0.15, 0.2) is 103 Å². The van der Waals surface area contributed by atoms with E-state index in [2.05, 4.69) is 12.1 Å². The van der Waals surface area contributed by atoms with E-state index in [1.54, 1.807) is 24.3 Å². The fraction of sp³-hybridized carbons (Fsp3) is 0.278. The predicted octanol–water partition coefficient (Wildman–Crippen LogP) is 7.40. The van der Waals surface area contributed by atoms with Crippen LogP contribution in [0.25, 0.3) is 11.1 Å². The fourth-order valence-corrected chi connectivity index (χ4v) is 7.15. The van der Waals surface area contributed by atoms with E-state index in [9.17, 15) is 9.59 Å². The summed E-state index contributed by atoms with van der Waals surface area (Å²) < 4.78 is 36.6. The summed E-state index contributed by atoms with van der Waals surface area (Å²) in [5.74, 6) is -0.766. The summed E-state index contributed by atoms with van der Waals surface area (Å²) in [7, 11) is 0. The number of halogens is 1. The molecule has 7 rings (SSSR count). The van der Waals surface area contributed by atoms with Crippen molar-refractivity contribution >= 4 is 35.5 Å². The summed E-state index contributed by atoms with van der Waals surface area (Å²) in [5, 5.41) is 0.487. The van der Waals surface area contributed by atoms with Crippen LogP contribution in [0.2, 0.25) is 5.02 Å². The number of thioether (sulfide) groups is 1. The van der Waals surface area contributed by atoms with Crippen LogP contribution in [0.5, 0.6) is 0 Å². The Hall–Kier alpha value is -3.86. The molecule has 8 nitrogen and oxygen atoms in total. The van der Waals surface area contributed by atoms with Crippen molar-refractivity contribution in [3.05, 3.63) is 130 Å². The van der Waals surface area contributed by atoms with Gasteiger partial charge in [-0.15, -0.1) is 11.8 Å². The van der Waals surface area contributed by atoms with Gasteiger partial charge in [0.05, 0.1) is 12.2 Å². The number of benzene rings is 4. The molecule has 236 valence electrons. The first-order valence-corrected chi connectivity index (χ1v) is 16.6. The molecule has 46 heavy (non-hydrogen) atoms. The lowest BCUT2D eigenvalue weighted by Crippen LogP contribution is -2.63. The Kier molecular flexibility index (Phi) is 9.01. The van der Waals surface area contributed by atoms with Crippen LogP contribution in [0.1, 0.15) is 39.3 Å². The molecular weight excluding hydrogens is 628 g/mol. The van der Waals surface area contributed by atoms with Gasteiger partial charge in [0.25, 0.3) is 0 Å². The topological polar surface area (TPSA) is 89.5 Å². The minimum absolute atomic E-state index is 0.0714. The minimum atomic E-state index is -1.06. The zero-order valence-electron chi connectivity index (χ0n) is 24.8. The lowest BCUT2D eigenvalue weighted by atomic mass is 9.98. The molecule has 2 aliphatic heterocycles. The first kappa shape index (κ1) is 30.8. The van der Waals surface area contributed by atoms with Crippen molar-refractivity contribution in [3.8, 4) is 11.1 Å². The molecule has 6 atom stereocenters. The molecule has 0 spiro atoms. The lowest BCUT2D eigenvalue weighted by molar-refractivity contribution is -0.318. The van der Waals surface area contributed by atoms with Gasteiger partial charge in [-0.2, -0.15) is 0 Å². The molecule has 0 bridgehead atoms. The van der Waals surface area contributed by atoms with Crippen LogP contribution < -0.4 is 0 Å². The molecule has 0 N–H and O–H groups in total. The molecule has 4 aromatic rings. The molecule has 1 unspecified atom stereocenters. The maximum Gasteiger partial charge on any atom is 0.508 e. The van der Waals surface area contributed by atoms with Gasteiger partial charge in [-0.25, -0.2) is 9.59 Å². The lowest BCUT2D eigenvalue weighted by Gasteiger charge is -2.47. The average Bonchev–Trinajstić information content (AvgIpc) is 3.42. The molecule has 2 saturated heterocycles. The minimum Gasteiger partial charge on any atom is -0.451 e. The number of rotatable bonds is 7. The summed E-state index contributed by atoms with van der Waals surface area (Å²) in [6, 6.07) is 32.0. The quantitative estimate of drug-likeness (QED) is 0.188. The van der Waals surface area contributed by atoms with Crippen LogP contribution >= 0.6 is 23.4 Å². The third-order valence-corrected chi connectivity index (χ3v) is 9.57. The van der Waals surface area contributed by atoms with Crippen LogP contribution in [0, 0.1) is 0 Å². The molecule has 2 fully saturated rings. The number of carbonyl (C=O) groups is 2. The van der Waals surface area contributed by atoms with Crippen molar-refractivity contribution in [1.82, 2.24) is 0 Å². The Labute approximate surface area is 275 Å². The van der Waals surface area contributed by atoms with E-state index in [4.69, 9.17) is 40.0 Å². The van der Waals surface area contributed by atoms with Crippen molar-refractivity contribution in [2.24, 2.45) is 0 Å². The van der Waals surface area contributed by atoms with Crippen LogP contribution in [0.3, 0.4) is 0 Å². The van der Waals surface area contributed by atoms with E-state index in [0.29, 0.717) is 10.6 Å². The summed E-state index contributed by atoms with van der Waals surface area (Å²) in [4.78, 5) is 26.8. The SMILES string of the molecule is CS[C@@H]1O[C@@H]2COC(c3ccccc3)O[C@@H]2[C@H](OC(=O)OCC2c3ccccc3-c3ccccc32)[C@H]1OC(=O)c1ccc(Cl)cc1. The van der Waals surface area contributed by atoms with Gasteiger partial charge in [-0.1, -0.05) is 90.5 Å². The first-order valence-electron chi connectivity index (χ1n) is 15.0. The Balaban J connectivity index is 1.14. The van der Waals surface area contributed by atoms with E-state index in [-0.39, 0.29) is 19.1 Å². The van der Waals surface area contributed by atoms with Gasteiger partial charge < -0.3 is 28.4 Å². The van der Waals surface area contributed by atoms with Gasteiger partial charge in [0, 0.05) is 16.5 Å². The molecule has 0 amide bonds. The zero-order chi connectivity index (χ0) is 31.6. The van der Waals surface area contributed by atoms with Crippen molar-refractivity contribution in [1.29, 1.82) is 0 Å². The van der Waals surface area contributed by atoms with E-state index >= 15 is 0 Å². The second-order valence-corrected chi connectivity index (χ2v) is 12.6. The van der Waals surface area contributed by atoms with E-state index in [1.807, 2.05) is 73.0 Å². The summed E-state index contributed by atoms with van der Waals surface area (Å²) in [6.07, 6.45) is -3.28. The van der Waals surface area contributed by atoms with E-state index in [1.165, 1.54) is 11.8 Å². The highest BCUT2D eigenvalue weighted by atomic mass is 35.5. The summed E-state index contributed by atoms with van der Waals surface area (Å²) in [6.45, 7) is 0.256. The molecule has 4 aromatic carbocycles. The molecule has 0 radical (unpaired) electrons. The summed E-state index contributed by atoms with van der Waals surface area (Å²) >= 11 is 7.36. The van der Waals surface area contributed by atoms with Crippen molar-refractivity contribution < 1.29 is 38.0 Å². The number of hydrogen-bond donors (Lipinski definition) is 0. The second-order valence-electron chi connectivity index (χ2n) is 11.2. The van der Waals surface area contributed by atoms with Gasteiger partial charge in [-0.05, 0) is 52.8 Å². The average molecular weight is 659 g/mol. The molecule has 0 aromatic heterocycles. The monoisotopic (exact) mass is 658 g/mol. The van der Waals surface area contributed by atoms with Gasteiger partial charge >= 0.3 is 12.1 Å². The maximum atomic E-state index is 13.5. The normalized spacial score (nSPS) is 25.1. The zero-order valence-corrected chi connectivity index (χ0v) is 26.4. The highest BCUT2D eigenvalue weighted by Gasteiger charge is 2.54. The number of esters is 1. The molecule has 0 saturated carbocycles. The second kappa shape index (κ2) is 13.5. The van der Waals surface area contributed by atoms with Crippen LogP contribution in [0.4, 0.5) is 4.79 Å². The molecule has 10 heteroatoms. The number of ether oxygens (including phenoxy) is 6. The number of fused-ring (bicyclic) bond motifs is 4. The Morgan fingerprint density at radius 1 is 0.804 bits per heavy atom. The molecule has 3 aliphatic rings. The van der Waals surface area contributed by atoms with Gasteiger partial charge in [0.15, 0.2) is 18.5 Å².